The summed E-state index contributed by atoms with van der Waals surface area (Å²) in [6.07, 6.45) is 0. The number of amides is 1. The molecular formula is C18H20ClNO2. The average Bonchev–Trinajstić information content (AvgIpc) is 2.49. The molecule has 1 amide bonds. The third kappa shape index (κ3) is 4.50. The molecule has 4 heteroatoms. The van der Waals surface area contributed by atoms with Gasteiger partial charge in [-0.25, -0.2) is 0 Å². The lowest BCUT2D eigenvalue weighted by Crippen LogP contribution is -2.12. The number of ether oxygens (including phenoxy) is 1. The van der Waals surface area contributed by atoms with Crippen LogP contribution in [0.15, 0.2) is 42.5 Å². The minimum Gasteiger partial charge on any atom is -0.493 e. The van der Waals surface area contributed by atoms with Crippen LogP contribution in [0.4, 0.5) is 5.69 Å². The molecule has 0 aliphatic rings. The van der Waals surface area contributed by atoms with Crippen molar-refractivity contribution in [3.05, 3.63) is 58.6 Å². The predicted molar refractivity (Wildman–Crippen MR) is 90.9 cm³/mol. The van der Waals surface area contributed by atoms with Gasteiger partial charge in [-0.05, 0) is 48.7 Å². The molecule has 2 aromatic carbocycles. The van der Waals surface area contributed by atoms with E-state index in [0.29, 0.717) is 34.5 Å². The van der Waals surface area contributed by atoms with Crippen molar-refractivity contribution < 1.29 is 9.53 Å². The maximum Gasteiger partial charge on any atom is 0.255 e. The normalized spacial score (nSPS) is 10.6. The summed E-state index contributed by atoms with van der Waals surface area (Å²) in [6, 6.07) is 12.6. The van der Waals surface area contributed by atoms with Crippen LogP contribution in [0.5, 0.6) is 5.75 Å². The molecule has 2 rings (SSSR count). The van der Waals surface area contributed by atoms with Crippen LogP contribution in [-0.2, 0) is 0 Å². The fourth-order valence-corrected chi connectivity index (χ4v) is 2.04. The molecule has 0 atom stereocenters. The Hall–Kier alpha value is -2.00. The molecule has 0 aliphatic heterocycles. The number of nitrogens with one attached hydrogen (secondary N) is 1. The highest BCUT2D eigenvalue weighted by atomic mass is 35.5. The molecule has 0 unspecified atom stereocenters. The molecule has 2 aromatic rings. The van der Waals surface area contributed by atoms with Gasteiger partial charge in [0.25, 0.3) is 5.91 Å². The second-order valence-electron chi connectivity index (χ2n) is 5.65. The third-order valence-electron chi connectivity index (χ3n) is 3.11. The van der Waals surface area contributed by atoms with Crippen molar-refractivity contribution in [2.45, 2.75) is 20.8 Å². The summed E-state index contributed by atoms with van der Waals surface area (Å²) in [5, 5.41) is 3.47. The van der Waals surface area contributed by atoms with Gasteiger partial charge in [-0.3, -0.25) is 4.79 Å². The van der Waals surface area contributed by atoms with E-state index < -0.39 is 0 Å². The van der Waals surface area contributed by atoms with E-state index in [1.807, 2.05) is 31.2 Å². The maximum absolute atomic E-state index is 12.3. The molecule has 0 aliphatic carbocycles. The minimum atomic E-state index is -0.185. The van der Waals surface area contributed by atoms with Crippen LogP contribution >= 0.6 is 11.6 Å². The first-order valence-electron chi connectivity index (χ1n) is 7.26. The molecule has 0 saturated carbocycles. The van der Waals surface area contributed by atoms with Gasteiger partial charge < -0.3 is 10.1 Å². The Morgan fingerprint density at radius 2 is 2.00 bits per heavy atom. The molecule has 0 fully saturated rings. The number of hydrogen-bond acceptors (Lipinski definition) is 2. The molecule has 0 aromatic heterocycles. The highest BCUT2D eigenvalue weighted by molar-refractivity contribution is 6.31. The second-order valence-corrected chi connectivity index (χ2v) is 6.06. The minimum absolute atomic E-state index is 0.185. The molecule has 0 spiro atoms. The lowest BCUT2D eigenvalue weighted by atomic mass is 10.2. The van der Waals surface area contributed by atoms with Crippen molar-refractivity contribution in [1.29, 1.82) is 0 Å². The van der Waals surface area contributed by atoms with Gasteiger partial charge in [-0.2, -0.15) is 0 Å². The first-order chi connectivity index (χ1) is 10.5. The number of rotatable bonds is 5. The van der Waals surface area contributed by atoms with E-state index >= 15 is 0 Å². The standard InChI is InChI=1S/C18H20ClNO2/c1-12(2)11-22-16-6-4-5-14(9-16)18(21)20-15-8-7-13(3)17(19)10-15/h4-10,12H,11H2,1-3H3,(H,20,21). The summed E-state index contributed by atoms with van der Waals surface area (Å²) in [5.41, 5.74) is 2.20. The summed E-state index contributed by atoms with van der Waals surface area (Å²) in [4.78, 5) is 12.3. The van der Waals surface area contributed by atoms with E-state index in [1.165, 1.54) is 0 Å². The topological polar surface area (TPSA) is 38.3 Å². The van der Waals surface area contributed by atoms with E-state index in [-0.39, 0.29) is 5.91 Å². The Morgan fingerprint density at radius 3 is 2.68 bits per heavy atom. The van der Waals surface area contributed by atoms with E-state index in [4.69, 9.17) is 16.3 Å². The maximum atomic E-state index is 12.3. The molecule has 0 radical (unpaired) electrons. The monoisotopic (exact) mass is 317 g/mol. The first-order valence-corrected chi connectivity index (χ1v) is 7.64. The largest absolute Gasteiger partial charge is 0.493 e. The fourth-order valence-electron chi connectivity index (χ4n) is 1.86. The summed E-state index contributed by atoms with van der Waals surface area (Å²) < 4.78 is 5.64. The molecule has 0 saturated heterocycles. The van der Waals surface area contributed by atoms with Crippen molar-refractivity contribution >= 4 is 23.2 Å². The van der Waals surface area contributed by atoms with Crippen LogP contribution in [0.3, 0.4) is 0 Å². The van der Waals surface area contributed by atoms with Gasteiger partial charge in [0, 0.05) is 16.3 Å². The number of carbonyl (C=O) groups excluding carboxylic acids is 1. The molecule has 22 heavy (non-hydrogen) atoms. The van der Waals surface area contributed by atoms with Crippen LogP contribution in [0.1, 0.15) is 29.8 Å². The highest BCUT2D eigenvalue weighted by Crippen LogP contribution is 2.21. The van der Waals surface area contributed by atoms with Gasteiger partial charge in [0.1, 0.15) is 5.75 Å². The van der Waals surface area contributed by atoms with Gasteiger partial charge in [0.2, 0.25) is 0 Å². The zero-order valence-electron chi connectivity index (χ0n) is 13.0. The molecule has 0 bridgehead atoms. The smallest absolute Gasteiger partial charge is 0.255 e. The van der Waals surface area contributed by atoms with Gasteiger partial charge in [0.05, 0.1) is 6.61 Å². The van der Waals surface area contributed by atoms with Crippen molar-refractivity contribution in [3.63, 3.8) is 0 Å². The third-order valence-corrected chi connectivity index (χ3v) is 3.52. The summed E-state index contributed by atoms with van der Waals surface area (Å²) in [5.74, 6) is 0.949. The van der Waals surface area contributed by atoms with Crippen LogP contribution < -0.4 is 10.1 Å². The molecular weight excluding hydrogens is 298 g/mol. The van der Waals surface area contributed by atoms with Crippen molar-refractivity contribution in [2.75, 3.05) is 11.9 Å². The van der Waals surface area contributed by atoms with E-state index in [2.05, 4.69) is 19.2 Å². The van der Waals surface area contributed by atoms with Crippen LogP contribution in [0, 0.1) is 12.8 Å². The zero-order chi connectivity index (χ0) is 16.1. The average molecular weight is 318 g/mol. The van der Waals surface area contributed by atoms with E-state index in [9.17, 15) is 4.79 Å². The van der Waals surface area contributed by atoms with Crippen LogP contribution in [0.2, 0.25) is 5.02 Å². The Bertz CT molecular complexity index is 668. The van der Waals surface area contributed by atoms with Crippen LogP contribution in [-0.4, -0.2) is 12.5 Å². The van der Waals surface area contributed by atoms with E-state index in [0.717, 1.165) is 5.56 Å². The number of hydrogen-bond donors (Lipinski definition) is 1. The van der Waals surface area contributed by atoms with Crippen molar-refractivity contribution in [1.82, 2.24) is 0 Å². The van der Waals surface area contributed by atoms with Gasteiger partial charge in [-0.1, -0.05) is 37.6 Å². The van der Waals surface area contributed by atoms with Crippen molar-refractivity contribution in [2.24, 2.45) is 5.92 Å². The Kier molecular flexibility index (Phi) is 5.45. The highest BCUT2D eigenvalue weighted by Gasteiger charge is 2.08. The Balaban J connectivity index is 2.08. The second kappa shape index (κ2) is 7.32. The summed E-state index contributed by atoms with van der Waals surface area (Å²) in [6.45, 7) is 6.71. The Labute approximate surface area is 136 Å². The lowest BCUT2D eigenvalue weighted by Gasteiger charge is -2.10. The SMILES string of the molecule is Cc1ccc(NC(=O)c2cccc(OCC(C)C)c2)cc1Cl. The number of carbonyl (C=O) groups is 1. The quantitative estimate of drug-likeness (QED) is 0.848. The van der Waals surface area contributed by atoms with Gasteiger partial charge in [-0.15, -0.1) is 0 Å². The number of halogens is 1. The lowest BCUT2D eigenvalue weighted by molar-refractivity contribution is 0.102. The van der Waals surface area contributed by atoms with Crippen LogP contribution in [0.25, 0.3) is 0 Å². The Morgan fingerprint density at radius 1 is 1.23 bits per heavy atom. The molecule has 116 valence electrons. The van der Waals surface area contributed by atoms with Gasteiger partial charge in [0.15, 0.2) is 0 Å². The van der Waals surface area contributed by atoms with Gasteiger partial charge >= 0.3 is 0 Å². The predicted octanol–water partition coefficient (Wildman–Crippen LogP) is 4.94. The zero-order valence-corrected chi connectivity index (χ0v) is 13.8. The number of aryl methyl sites for hydroxylation is 1. The fraction of sp³-hybridized carbons (Fsp3) is 0.278. The first kappa shape index (κ1) is 16.4. The number of anilines is 1. The van der Waals surface area contributed by atoms with E-state index in [1.54, 1.807) is 18.2 Å². The molecule has 0 heterocycles. The summed E-state index contributed by atoms with van der Waals surface area (Å²) in [7, 11) is 0. The molecule has 1 N–H and O–H groups in total. The van der Waals surface area contributed by atoms with Crippen molar-refractivity contribution in [3.8, 4) is 5.75 Å². The molecule has 3 nitrogen and oxygen atoms in total. The summed E-state index contributed by atoms with van der Waals surface area (Å²) >= 11 is 6.07. The number of benzene rings is 2.